The van der Waals surface area contributed by atoms with Crippen molar-refractivity contribution in [3.63, 3.8) is 0 Å². The first-order valence-corrected chi connectivity index (χ1v) is 5.97. The second-order valence-corrected chi connectivity index (χ2v) is 4.21. The summed E-state index contributed by atoms with van der Waals surface area (Å²) >= 11 is 0. The SMILES string of the molecule is CC.[B]C1(C)CCCc2c1oc(=NC)n2C. The molecule has 88 valence electrons. The van der Waals surface area contributed by atoms with Crippen molar-refractivity contribution in [2.24, 2.45) is 12.0 Å². The lowest BCUT2D eigenvalue weighted by Crippen LogP contribution is -2.27. The third-order valence-electron chi connectivity index (χ3n) is 2.97. The first-order valence-electron chi connectivity index (χ1n) is 5.97. The van der Waals surface area contributed by atoms with Gasteiger partial charge < -0.3 is 4.42 Å². The van der Waals surface area contributed by atoms with Gasteiger partial charge in [-0.2, -0.15) is 0 Å². The summed E-state index contributed by atoms with van der Waals surface area (Å²) in [5.74, 6) is 0.909. The fourth-order valence-electron chi connectivity index (χ4n) is 2.15. The second kappa shape index (κ2) is 4.94. The standard InChI is InChI=1S/C10H15BN2O.C2H6/c1-10(11)6-4-5-7-8(10)14-9(12-2)13(7)3;1-2/h4-6H2,1-3H3;1-2H3. The van der Waals surface area contributed by atoms with Gasteiger partial charge in [0.25, 0.3) is 5.68 Å². The molecular formula is C12H21BN2O. The summed E-state index contributed by atoms with van der Waals surface area (Å²) in [6.07, 6.45) is 3.14. The average molecular weight is 220 g/mol. The summed E-state index contributed by atoms with van der Waals surface area (Å²) in [6.45, 7) is 6.02. The number of oxazole rings is 1. The van der Waals surface area contributed by atoms with E-state index in [4.69, 9.17) is 12.3 Å². The van der Waals surface area contributed by atoms with Crippen molar-refractivity contribution in [3.8, 4) is 0 Å². The third-order valence-corrected chi connectivity index (χ3v) is 2.97. The van der Waals surface area contributed by atoms with Crippen molar-refractivity contribution in [2.45, 2.75) is 45.3 Å². The molecule has 0 amide bonds. The van der Waals surface area contributed by atoms with Crippen molar-refractivity contribution < 1.29 is 4.42 Å². The average Bonchev–Trinajstić information content (AvgIpc) is 2.60. The normalized spacial score (nSPS) is 24.7. The van der Waals surface area contributed by atoms with E-state index in [1.807, 2.05) is 32.4 Å². The molecule has 0 bridgehead atoms. The van der Waals surface area contributed by atoms with E-state index in [1.54, 1.807) is 7.05 Å². The molecule has 0 saturated heterocycles. The summed E-state index contributed by atoms with van der Waals surface area (Å²) in [6, 6.07) is 0. The molecule has 0 spiro atoms. The van der Waals surface area contributed by atoms with Crippen LogP contribution in [0.4, 0.5) is 0 Å². The molecule has 1 aliphatic carbocycles. The molecule has 1 unspecified atom stereocenters. The smallest absolute Gasteiger partial charge is 0.296 e. The molecule has 0 aromatic carbocycles. The van der Waals surface area contributed by atoms with Crippen LogP contribution in [-0.4, -0.2) is 19.5 Å². The highest BCUT2D eigenvalue weighted by Gasteiger charge is 2.32. The second-order valence-electron chi connectivity index (χ2n) is 4.21. The van der Waals surface area contributed by atoms with Crippen LogP contribution in [0.15, 0.2) is 9.41 Å². The molecule has 1 heterocycles. The summed E-state index contributed by atoms with van der Waals surface area (Å²) in [5, 5.41) is -0.325. The monoisotopic (exact) mass is 220 g/mol. The molecule has 1 aliphatic rings. The van der Waals surface area contributed by atoms with Crippen LogP contribution in [0.3, 0.4) is 0 Å². The molecule has 0 fully saturated rings. The van der Waals surface area contributed by atoms with Gasteiger partial charge in [-0.3, -0.25) is 4.57 Å². The van der Waals surface area contributed by atoms with E-state index in [0.29, 0.717) is 5.68 Å². The van der Waals surface area contributed by atoms with Crippen LogP contribution in [0, 0.1) is 0 Å². The Hall–Kier alpha value is -0.925. The van der Waals surface area contributed by atoms with Crippen LogP contribution < -0.4 is 5.68 Å². The van der Waals surface area contributed by atoms with Crippen LogP contribution in [0.5, 0.6) is 0 Å². The Labute approximate surface area is 99.0 Å². The molecule has 4 heteroatoms. The van der Waals surface area contributed by atoms with E-state index < -0.39 is 0 Å². The lowest BCUT2D eigenvalue weighted by atomic mass is 9.62. The van der Waals surface area contributed by atoms with Gasteiger partial charge in [-0.25, -0.2) is 4.99 Å². The van der Waals surface area contributed by atoms with E-state index in [9.17, 15) is 0 Å². The Morgan fingerprint density at radius 3 is 2.56 bits per heavy atom. The maximum atomic E-state index is 6.18. The van der Waals surface area contributed by atoms with E-state index in [-0.39, 0.29) is 5.31 Å². The quantitative estimate of drug-likeness (QED) is 0.614. The Balaban J connectivity index is 0.000000606. The summed E-state index contributed by atoms with van der Waals surface area (Å²) in [7, 11) is 9.89. The summed E-state index contributed by atoms with van der Waals surface area (Å²) in [4.78, 5) is 4.08. The molecular weight excluding hydrogens is 199 g/mol. The molecule has 16 heavy (non-hydrogen) atoms. The largest absolute Gasteiger partial charge is 0.429 e. The number of aromatic nitrogens is 1. The minimum atomic E-state index is -0.325. The molecule has 0 saturated carbocycles. The molecule has 1 aromatic rings. The van der Waals surface area contributed by atoms with Crippen molar-refractivity contribution in [3.05, 3.63) is 17.1 Å². The zero-order valence-corrected chi connectivity index (χ0v) is 11.0. The van der Waals surface area contributed by atoms with Gasteiger partial charge in [0.05, 0.1) is 13.5 Å². The minimum Gasteiger partial charge on any atom is -0.429 e. The van der Waals surface area contributed by atoms with Gasteiger partial charge in [0.2, 0.25) is 0 Å². The molecule has 0 aliphatic heterocycles. The van der Waals surface area contributed by atoms with Crippen molar-refractivity contribution in [1.82, 2.24) is 4.57 Å². The Morgan fingerprint density at radius 1 is 1.44 bits per heavy atom. The van der Waals surface area contributed by atoms with Gasteiger partial charge in [0, 0.05) is 14.1 Å². The van der Waals surface area contributed by atoms with E-state index in [1.165, 1.54) is 5.69 Å². The molecule has 1 aromatic heterocycles. The highest BCUT2D eigenvalue weighted by atomic mass is 16.4. The maximum absolute atomic E-state index is 6.18. The maximum Gasteiger partial charge on any atom is 0.296 e. The molecule has 2 rings (SSSR count). The Kier molecular flexibility index (Phi) is 4.06. The first kappa shape index (κ1) is 13.1. The number of nitrogens with zero attached hydrogens (tertiary/aromatic N) is 2. The fourth-order valence-corrected chi connectivity index (χ4v) is 2.15. The van der Waals surface area contributed by atoms with Crippen LogP contribution >= 0.6 is 0 Å². The lowest BCUT2D eigenvalue weighted by molar-refractivity contribution is 0.375. The topological polar surface area (TPSA) is 30.4 Å². The van der Waals surface area contributed by atoms with E-state index in [0.717, 1.165) is 25.0 Å². The van der Waals surface area contributed by atoms with Gasteiger partial charge in [0.15, 0.2) is 0 Å². The van der Waals surface area contributed by atoms with Gasteiger partial charge in [0.1, 0.15) is 5.76 Å². The van der Waals surface area contributed by atoms with Gasteiger partial charge in [-0.1, -0.05) is 20.8 Å². The number of hydrogen-bond acceptors (Lipinski definition) is 2. The van der Waals surface area contributed by atoms with Crippen LogP contribution in [0.2, 0.25) is 0 Å². The van der Waals surface area contributed by atoms with Crippen LogP contribution in [-0.2, 0) is 18.8 Å². The first-order chi connectivity index (χ1) is 7.56. The van der Waals surface area contributed by atoms with Gasteiger partial charge in [-0.05, 0) is 24.6 Å². The number of hydrogen-bond donors (Lipinski definition) is 0. The van der Waals surface area contributed by atoms with E-state index in [2.05, 4.69) is 4.99 Å². The summed E-state index contributed by atoms with van der Waals surface area (Å²) in [5.41, 5.74) is 1.86. The Morgan fingerprint density at radius 2 is 2.06 bits per heavy atom. The van der Waals surface area contributed by atoms with Crippen molar-refractivity contribution in [2.75, 3.05) is 7.05 Å². The highest BCUT2D eigenvalue weighted by Crippen LogP contribution is 2.33. The van der Waals surface area contributed by atoms with Gasteiger partial charge >= 0.3 is 0 Å². The molecule has 0 N–H and O–H groups in total. The Bertz CT molecular complexity index is 415. The third kappa shape index (κ3) is 2.11. The number of rotatable bonds is 0. The number of fused-ring (bicyclic) bond motifs is 1. The van der Waals surface area contributed by atoms with E-state index >= 15 is 0 Å². The molecule has 2 radical (unpaired) electrons. The van der Waals surface area contributed by atoms with Crippen LogP contribution in [0.25, 0.3) is 0 Å². The zero-order chi connectivity index (χ0) is 12.3. The van der Waals surface area contributed by atoms with Gasteiger partial charge in [-0.15, -0.1) is 0 Å². The lowest BCUT2D eigenvalue weighted by Gasteiger charge is -2.28. The van der Waals surface area contributed by atoms with Crippen molar-refractivity contribution in [1.29, 1.82) is 0 Å². The highest BCUT2D eigenvalue weighted by molar-refractivity contribution is 6.15. The molecule has 3 nitrogen and oxygen atoms in total. The van der Waals surface area contributed by atoms with Crippen LogP contribution in [0.1, 0.15) is 45.1 Å². The molecule has 1 atom stereocenters. The summed E-state index contributed by atoms with van der Waals surface area (Å²) < 4.78 is 7.67. The zero-order valence-electron chi connectivity index (χ0n) is 11.0. The minimum absolute atomic E-state index is 0.325. The predicted molar refractivity (Wildman–Crippen MR) is 66.6 cm³/mol. The predicted octanol–water partition coefficient (Wildman–Crippen LogP) is 1.89. The van der Waals surface area contributed by atoms with Crippen molar-refractivity contribution >= 4 is 7.85 Å². The fraction of sp³-hybridized carbons (Fsp3) is 0.750.